The predicted molar refractivity (Wildman–Crippen MR) is 88.7 cm³/mol. The Labute approximate surface area is 133 Å². The fraction of sp³-hybridized carbons (Fsp3) is 0.467. The molecule has 20 heavy (non-hydrogen) atoms. The van der Waals surface area contributed by atoms with Crippen LogP contribution in [0.25, 0.3) is 0 Å². The van der Waals surface area contributed by atoms with E-state index in [1.54, 1.807) is 11.3 Å². The second kappa shape index (κ2) is 6.58. The fourth-order valence-electron chi connectivity index (χ4n) is 2.16. The first-order valence-corrected chi connectivity index (χ1v) is 8.94. The monoisotopic (exact) mass is 326 g/mol. The van der Waals surface area contributed by atoms with Gasteiger partial charge < -0.3 is 5.32 Å². The number of nitrogens with one attached hydrogen (secondary N) is 1. The van der Waals surface area contributed by atoms with Crippen LogP contribution in [0.3, 0.4) is 0 Å². The van der Waals surface area contributed by atoms with Crippen LogP contribution in [-0.4, -0.2) is 18.0 Å². The van der Waals surface area contributed by atoms with Gasteiger partial charge in [0.2, 0.25) is 0 Å². The summed E-state index contributed by atoms with van der Waals surface area (Å²) in [4.78, 5) is 6.54. The van der Waals surface area contributed by atoms with E-state index >= 15 is 0 Å². The Hall–Kier alpha value is -0.390. The highest BCUT2D eigenvalue weighted by molar-refractivity contribution is 7.16. The molecule has 5 heteroatoms. The average molecular weight is 327 g/mol. The molecule has 0 atom stereocenters. The van der Waals surface area contributed by atoms with Gasteiger partial charge in [-0.3, -0.25) is 4.90 Å². The minimum Gasteiger partial charge on any atom is -0.309 e. The molecule has 0 radical (unpaired) electrons. The zero-order valence-corrected chi connectivity index (χ0v) is 14.0. The molecule has 0 saturated heterocycles. The number of nitrogens with zero attached hydrogens (tertiary/aromatic N) is 1. The van der Waals surface area contributed by atoms with E-state index in [4.69, 9.17) is 11.6 Å². The summed E-state index contributed by atoms with van der Waals surface area (Å²) in [7, 11) is 2.16. The maximum absolute atomic E-state index is 5.97. The minimum atomic E-state index is 0.784. The highest BCUT2D eigenvalue weighted by Gasteiger charge is 2.20. The Balaban J connectivity index is 1.48. The van der Waals surface area contributed by atoms with Gasteiger partial charge in [0.1, 0.15) is 0 Å². The van der Waals surface area contributed by atoms with Crippen LogP contribution in [0.1, 0.15) is 27.5 Å². The van der Waals surface area contributed by atoms with Gasteiger partial charge in [-0.2, -0.15) is 0 Å². The number of rotatable bonds is 7. The van der Waals surface area contributed by atoms with Crippen molar-refractivity contribution in [3.63, 3.8) is 0 Å². The van der Waals surface area contributed by atoms with Crippen molar-refractivity contribution in [2.75, 3.05) is 7.05 Å². The first-order chi connectivity index (χ1) is 9.69. The van der Waals surface area contributed by atoms with Gasteiger partial charge in [0, 0.05) is 40.3 Å². The Morgan fingerprint density at radius 3 is 2.40 bits per heavy atom. The van der Waals surface area contributed by atoms with E-state index < -0.39 is 0 Å². The van der Waals surface area contributed by atoms with E-state index in [0.717, 1.165) is 30.0 Å². The van der Waals surface area contributed by atoms with Crippen molar-refractivity contribution in [2.24, 2.45) is 0 Å². The molecule has 1 saturated carbocycles. The number of hydrogen-bond acceptors (Lipinski definition) is 4. The van der Waals surface area contributed by atoms with Gasteiger partial charge >= 0.3 is 0 Å². The number of halogens is 1. The molecule has 0 aliphatic heterocycles. The van der Waals surface area contributed by atoms with Gasteiger partial charge in [-0.1, -0.05) is 11.6 Å². The van der Waals surface area contributed by atoms with E-state index in [1.165, 1.54) is 27.5 Å². The lowest BCUT2D eigenvalue weighted by Crippen LogP contribution is -2.15. The summed E-state index contributed by atoms with van der Waals surface area (Å²) >= 11 is 9.56. The molecule has 1 fully saturated rings. The van der Waals surface area contributed by atoms with Crippen molar-refractivity contribution in [3.05, 3.63) is 43.2 Å². The second-order valence-electron chi connectivity index (χ2n) is 5.40. The predicted octanol–water partition coefficient (Wildman–Crippen LogP) is 4.35. The first kappa shape index (κ1) is 14.5. The van der Waals surface area contributed by atoms with Crippen LogP contribution in [0, 0.1) is 0 Å². The van der Waals surface area contributed by atoms with Crippen LogP contribution in [0.15, 0.2) is 24.3 Å². The lowest BCUT2D eigenvalue weighted by molar-refractivity contribution is 0.325. The molecule has 1 aliphatic rings. The van der Waals surface area contributed by atoms with E-state index in [1.807, 2.05) is 17.4 Å². The van der Waals surface area contributed by atoms with Gasteiger partial charge in [-0.25, -0.2) is 0 Å². The molecule has 108 valence electrons. The summed E-state index contributed by atoms with van der Waals surface area (Å²) in [6, 6.07) is 9.38. The van der Waals surface area contributed by atoms with Crippen molar-refractivity contribution in [1.29, 1.82) is 0 Å². The lowest BCUT2D eigenvalue weighted by atomic mass is 10.3. The van der Waals surface area contributed by atoms with Crippen LogP contribution in [0.2, 0.25) is 4.34 Å². The van der Waals surface area contributed by atoms with Gasteiger partial charge in [-0.05, 0) is 44.2 Å². The molecule has 2 aromatic rings. The van der Waals surface area contributed by atoms with Crippen LogP contribution >= 0.6 is 34.3 Å². The third-order valence-corrected chi connectivity index (χ3v) is 5.63. The molecule has 3 rings (SSSR count). The van der Waals surface area contributed by atoms with E-state index in [2.05, 4.69) is 35.5 Å². The Kier molecular flexibility index (Phi) is 4.79. The van der Waals surface area contributed by atoms with Gasteiger partial charge in [0.25, 0.3) is 0 Å². The molecule has 0 unspecified atom stereocenters. The summed E-state index contributed by atoms with van der Waals surface area (Å²) < 4.78 is 0.873. The highest BCUT2D eigenvalue weighted by atomic mass is 35.5. The third-order valence-electron chi connectivity index (χ3n) is 3.34. The van der Waals surface area contributed by atoms with Crippen molar-refractivity contribution >= 4 is 34.3 Å². The molecule has 0 bridgehead atoms. The standard InChI is InChI=1S/C15H19ClN2S2/c1-18(10-14-6-7-15(16)20-14)9-13-5-4-12(19-13)8-17-11-2-3-11/h4-7,11,17H,2-3,8-10H2,1H3. The van der Waals surface area contributed by atoms with Crippen molar-refractivity contribution in [2.45, 2.75) is 38.5 Å². The maximum atomic E-state index is 5.97. The molecule has 1 aliphatic carbocycles. The maximum Gasteiger partial charge on any atom is 0.0931 e. The molecular weight excluding hydrogens is 308 g/mol. The Bertz CT molecular complexity index is 560. The minimum absolute atomic E-state index is 0.784. The normalized spacial score (nSPS) is 15.2. The molecule has 2 nitrogen and oxygen atoms in total. The number of thiophene rings is 2. The highest BCUT2D eigenvalue weighted by Crippen LogP contribution is 2.25. The average Bonchev–Trinajstić information content (AvgIpc) is 3.00. The molecule has 1 N–H and O–H groups in total. The Morgan fingerprint density at radius 2 is 1.75 bits per heavy atom. The quantitative estimate of drug-likeness (QED) is 0.814. The first-order valence-electron chi connectivity index (χ1n) is 6.93. The van der Waals surface area contributed by atoms with Crippen LogP contribution in [0.4, 0.5) is 0 Å². The van der Waals surface area contributed by atoms with Crippen molar-refractivity contribution < 1.29 is 0 Å². The summed E-state index contributed by atoms with van der Waals surface area (Å²) in [5.74, 6) is 0. The lowest BCUT2D eigenvalue weighted by Gasteiger charge is -2.14. The van der Waals surface area contributed by atoms with Gasteiger partial charge in [0.15, 0.2) is 0 Å². The van der Waals surface area contributed by atoms with Crippen molar-refractivity contribution in [1.82, 2.24) is 10.2 Å². The van der Waals surface area contributed by atoms with E-state index in [0.29, 0.717) is 0 Å². The summed E-state index contributed by atoms with van der Waals surface area (Å²) in [6.07, 6.45) is 2.70. The molecule has 0 spiro atoms. The van der Waals surface area contributed by atoms with Gasteiger partial charge in [0.05, 0.1) is 4.34 Å². The second-order valence-corrected chi connectivity index (χ2v) is 8.45. The number of hydrogen-bond donors (Lipinski definition) is 1. The summed E-state index contributed by atoms with van der Waals surface area (Å²) in [5.41, 5.74) is 0. The molecule has 2 aromatic heterocycles. The summed E-state index contributed by atoms with van der Waals surface area (Å²) in [6.45, 7) is 2.99. The largest absolute Gasteiger partial charge is 0.309 e. The molecule has 0 aromatic carbocycles. The van der Waals surface area contributed by atoms with Crippen molar-refractivity contribution in [3.8, 4) is 0 Å². The van der Waals surface area contributed by atoms with Crippen LogP contribution in [0.5, 0.6) is 0 Å². The topological polar surface area (TPSA) is 15.3 Å². The van der Waals surface area contributed by atoms with E-state index in [9.17, 15) is 0 Å². The zero-order chi connectivity index (χ0) is 13.9. The van der Waals surface area contributed by atoms with Crippen LogP contribution in [-0.2, 0) is 19.6 Å². The van der Waals surface area contributed by atoms with E-state index in [-0.39, 0.29) is 0 Å². The fourth-order valence-corrected chi connectivity index (χ4v) is 4.38. The van der Waals surface area contributed by atoms with Gasteiger partial charge in [-0.15, -0.1) is 22.7 Å². The third kappa shape index (κ3) is 4.30. The molecular formula is C15H19ClN2S2. The zero-order valence-electron chi connectivity index (χ0n) is 11.6. The Morgan fingerprint density at radius 1 is 1.10 bits per heavy atom. The smallest absolute Gasteiger partial charge is 0.0931 e. The van der Waals surface area contributed by atoms with Crippen LogP contribution < -0.4 is 5.32 Å². The molecule has 2 heterocycles. The summed E-state index contributed by atoms with van der Waals surface area (Å²) in [5, 5.41) is 3.57. The SMILES string of the molecule is CN(Cc1ccc(Cl)s1)Cc1ccc(CNC2CC2)s1. The molecule has 0 amide bonds.